The van der Waals surface area contributed by atoms with E-state index in [2.05, 4.69) is 21.4 Å². The Balaban J connectivity index is 1.64. The lowest BCUT2D eigenvalue weighted by molar-refractivity contribution is 0.204. The molecule has 1 unspecified atom stereocenters. The van der Waals surface area contributed by atoms with Gasteiger partial charge in [0.05, 0.1) is 6.67 Å². The molecule has 1 saturated heterocycles. The van der Waals surface area contributed by atoms with Crippen molar-refractivity contribution < 1.29 is 4.79 Å². The van der Waals surface area contributed by atoms with Crippen molar-refractivity contribution in [2.24, 2.45) is 0 Å². The average Bonchev–Trinajstić information content (AvgIpc) is 3.09. The molecule has 6 heteroatoms. The highest BCUT2D eigenvalue weighted by Gasteiger charge is 2.30. The molecule has 3 heterocycles. The molecule has 0 radical (unpaired) electrons. The molecule has 1 aromatic rings. The highest BCUT2D eigenvalue weighted by Crippen LogP contribution is 2.17. The molecular formula is C11H15N5O. The number of imidazole rings is 1. The van der Waals surface area contributed by atoms with Gasteiger partial charge in [0.2, 0.25) is 0 Å². The van der Waals surface area contributed by atoms with Crippen LogP contribution in [0.5, 0.6) is 0 Å². The highest BCUT2D eigenvalue weighted by molar-refractivity contribution is 5.77. The van der Waals surface area contributed by atoms with Gasteiger partial charge in [0.15, 0.2) is 0 Å². The number of carbonyl (C=O) groups is 1. The largest absolute Gasteiger partial charge is 0.373 e. The third-order valence-electron chi connectivity index (χ3n) is 3.29. The second kappa shape index (κ2) is 4.12. The third kappa shape index (κ3) is 1.86. The molecule has 0 bridgehead atoms. The first-order chi connectivity index (χ1) is 8.34. The number of rotatable bonds is 1. The van der Waals surface area contributed by atoms with Crippen LogP contribution in [0.3, 0.4) is 0 Å². The smallest absolute Gasteiger partial charge is 0.329 e. The Morgan fingerprint density at radius 1 is 1.47 bits per heavy atom. The fraction of sp³-hybridized carbons (Fsp3) is 0.455. The van der Waals surface area contributed by atoms with Crippen LogP contribution in [0, 0.1) is 0 Å². The van der Waals surface area contributed by atoms with Crippen molar-refractivity contribution in [3.05, 3.63) is 31.1 Å². The van der Waals surface area contributed by atoms with E-state index in [9.17, 15) is 4.79 Å². The van der Waals surface area contributed by atoms with Gasteiger partial charge in [-0.2, -0.15) is 0 Å². The second-order valence-corrected chi connectivity index (χ2v) is 4.33. The maximum Gasteiger partial charge on any atom is 0.329 e. The second-order valence-electron chi connectivity index (χ2n) is 4.33. The summed E-state index contributed by atoms with van der Waals surface area (Å²) in [4.78, 5) is 20.1. The van der Waals surface area contributed by atoms with Crippen LogP contribution in [0.1, 0.15) is 6.42 Å². The van der Waals surface area contributed by atoms with Gasteiger partial charge >= 0.3 is 6.03 Å². The maximum absolute atomic E-state index is 12.1. The molecular weight excluding hydrogens is 218 g/mol. The van der Waals surface area contributed by atoms with Crippen LogP contribution in [0.15, 0.2) is 31.1 Å². The molecule has 1 N–H and O–H groups in total. The molecule has 1 atom stereocenters. The fourth-order valence-electron chi connectivity index (χ4n) is 2.33. The molecule has 3 rings (SSSR count). The number of nitrogens with one attached hydrogen (secondary N) is 1. The zero-order valence-corrected chi connectivity index (χ0v) is 9.49. The van der Waals surface area contributed by atoms with Crippen molar-refractivity contribution in [1.82, 2.24) is 24.7 Å². The number of nitrogens with zero attached hydrogens (tertiary/aromatic N) is 4. The van der Waals surface area contributed by atoms with Gasteiger partial charge in [-0.05, 0) is 6.42 Å². The van der Waals surface area contributed by atoms with E-state index in [1.165, 1.54) is 4.57 Å². The van der Waals surface area contributed by atoms with Gasteiger partial charge in [-0.15, -0.1) is 0 Å². The predicted octanol–water partition coefficient (Wildman–Crippen LogP) is 0.259. The van der Waals surface area contributed by atoms with Gasteiger partial charge in [-0.25, -0.2) is 9.78 Å². The summed E-state index contributed by atoms with van der Waals surface area (Å²) in [7, 11) is 0. The first kappa shape index (κ1) is 10.2. The number of carbonyl (C=O) groups excluding carboxylic acids is 1. The molecule has 17 heavy (non-hydrogen) atoms. The predicted molar refractivity (Wildman–Crippen MR) is 62.0 cm³/mol. The molecule has 1 aromatic heterocycles. The van der Waals surface area contributed by atoms with E-state index in [0.717, 1.165) is 26.2 Å². The molecule has 2 aliphatic heterocycles. The van der Waals surface area contributed by atoms with Crippen LogP contribution in [-0.4, -0.2) is 51.2 Å². The minimum absolute atomic E-state index is 0.0149. The van der Waals surface area contributed by atoms with E-state index < -0.39 is 0 Å². The van der Waals surface area contributed by atoms with Gasteiger partial charge in [0.25, 0.3) is 0 Å². The number of hydrogen-bond donors (Lipinski definition) is 1. The van der Waals surface area contributed by atoms with E-state index in [-0.39, 0.29) is 6.03 Å². The molecule has 1 amide bonds. The molecule has 0 aromatic carbocycles. The SMILES string of the molecule is O=C(N1CCC(N2C=CNC2)C1)n1ccnc1. The van der Waals surface area contributed by atoms with Crippen LogP contribution in [-0.2, 0) is 0 Å². The Morgan fingerprint density at radius 3 is 3.12 bits per heavy atom. The zero-order valence-electron chi connectivity index (χ0n) is 9.49. The van der Waals surface area contributed by atoms with Gasteiger partial charge in [0, 0.05) is 43.9 Å². The summed E-state index contributed by atoms with van der Waals surface area (Å²) in [6, 6.07) is 0.440. The van der Waals surface area contributed by atoms with Crippen LogP contribution < -0.4 is 5.32 Å². The van der Waals surface area contributed by atoms with E-state index in [0.29, 0.717) is 6.04 Å². The Labute approximate surface area is 99.5 Å². The quantitative estimate of drug-likeness (QED) is 0.756. The summed E-state index contributed by atoms with van der Waals surface area (Å²) < 4.78 is 1.53. The monoisotopic (exact) mass is 233 g/mol. The number of hydrogen-bond acceptors (Lipinski definition) is 4. The Bertz CT molecular complexity index is 427. The van der Waals surface area contributed by atoms with Gasteiger partial charge in [-0.3, -0.25) is 4.57 Å². The Morgan fingerprint density at radius 2 is 2.41 bits per heavy atom. The van der Waals surface area contributed by atoms with Gasteiger partial charge in [0.1, 0.15) is 6.33 Å². The lowest BCUT2D eigenvalue weighted by Gasteiger charge is -2.23. The number of amides is 1. The highest BCUT2D eigenvalue weighted by atomic mass is 16.2. The van der Waals surface area contributed by atoms with Crippen molar-refractivity contribution >= 4 is 6.03 Å². The van der Waals surface area contributed by atoms with E-state index in [1.54, 1.807) is 18.7 Å². The van der Waals surface area contributed by atoms with Gasteiger partial charge < -0.3 is 15.1 Å². The van der Waals surface area contributed by atoms with Crippen molar-refractivity contribution in [3.63, 3.8) is 0 Å². The fourth-order valence-corrected chi connectivity index (χ4v) is 2.33. The van der Waals surface area contributed by atoms with E-state index in [1.807, 2.05) is 11.1 Å². The normalized spacial score (nSPS) is 23.2. The van der Waals surface area contributed by atoms with Crippen molar-refractivity contribution in [3.8, 4) is 0 Å². The lowest BCUT2D eigenvalue weighted by atomic mass is 10.2. The van der Waals surface area contributed by atoms with E-state index >= 15 is 0 Å². The molecule has 90 valence electrons. The van der Waals surface area contributed by atoms with Crippen LogP contribution in [0.2, 0.25) is 0 Å². The first-order valence-electron chi connectivity index (χ1n) is 5.77. The molecule has 6 nitrogen and oxygen atoms in total. The third-order valence-corrected chi connectivity index (χ3v) is 3.29. The van der Waals surface area contributed by atoms with Crippen LogP contribution in [0.25, 0.3) is 0 Å². The summed E-state index contributed by atoms with van der Waals surface area (Å²) in [6.45, 7) is 2.44. The minimum atomic E-state index is 0.0149. The van der Waals surface area contributed by atoms with E-state index in [4.69, 9.17) is 0 Å². The molecule has 1 fully saturated rings. The van der Waals surface area contributed by atoms with Gasteiger partial charge in [-0.1, -0.05) is 0 Å². The zero-order chi connectivity index (χ0) is 11.7. The van der Waals surface area contributed by atoms with Crippen LogP contribution in [0.4, 0.5) is 4.79 Å². The Kier molecular flexibility index (Phi) is 2.47. The maximum atomic E-state index is 12.1. The summed E-state index contributed by atoms with van der Waals surface area (Å²) in [5.74, 6) is 0. The summed E-state index contributed by atoms with van der Waals surface area (Å²) in [5, 5.41) is 3.15. The topological polar surface area (TPSA) is 53.4 Å². The number of aromatic nitrogens is 2. The van der Waals surface area contributed by atoms with Crippen molar-refractivity contribution in [1.29, 1.82) is 0 Å². The molecule has 0 aliphatic carbocycles. The summed E-state index contributed by atoms with van der Waals surface area (Å²) >= 11 is 0. The Hall–Kier alpha value is -1.98. The molecule has 2 aliphatic rings. The van der Waals surface area contributed by atoms with Crippen LogP contribution >= 0.6 is 0 Å². The average molecular weight is 233 g/mol. The lowest BCUT2D eigenvalue weighted by Crippen LogP contribution is -2.37. The number of likely N-dealkylation sites (tertiary alicyclic amines) is 1. The molecule has 0 spiro atoms. The summed E-state index contributed by atoms with van der Waals surface area (Å²) in [5.41, 5.74) is 0. The van der Waals surface area contributed by atoms with Crippen molar-refractivity contribution in [2.75, 3.05) is 19.8 Å². The summed E-state index contributed by atoms with van der Waals surface area (Å²) in [6.07, 6.45) is 9.88. The minimum Gasteiger partial charge on any atom is -0.373 e. The van der Waals surface area contributed by atoms with Crippen molar-refractivity contribution in [2.45, 2.75) is 12.5 Å². The molecule has 0 saturated carbocycles. The first-order valence-corrected chi connectivity index (χ1v) is 5.77. The standard InChI is InChI=1S/C11H15N5O/c17-11(16-6-3-13-9-16)14-4-1-10(7-14)15-5-2-12-8-15/h2-3,5-6,9-10,12H,1,4,7-8H2.